The van der Waals surface area contributed by atoms with E-state index in [2.05, 4.69) is 38.1 Å². The summed E-state index contributed by atoms with van der Waals surface area (Å²) in [5, 5.41) is 7.82. The summed E-state index contributed by atoms with van der Waals surface area (Å²) in [5.74, 6) is 0. The van der Waals surface area contributed by atoms with Crippen molar-refractivity contribution in [2.24, 2.45) is 0 Å². The van der Waals surface area contributed by atoms with Gasteiger partial charge in [0, 0.05) is 24.4 Å². The average Bonchev–Trinajstić information content (AvgIpc) is 2.53. The summed E-state index contributed by atoms with van der Waals surface area (Å²) in [6.07, 6.45) is 0.191. The molecule has 4 nitrogen and oxygen atoms in total. The Bertz CT molecular complexity index is 346. The van der Waals surface area contributed by atoms with Crippen LogP contribution in [-0.2, 0) is 11.3 Å². The molecule has 4 heteroatoms. The standard InChI is InChI=1S/C12H23N3O/c1-8(16-6)7-15-11(4)12(9(2)13-5)10(3)14-15/h8-9,13H,7H2,1-6H3. The topological polar surface area (TPSA) is 39.1 Å². The van der Waals surface area contributed by atoms with E-state index < -0.39 is 0 Å². The summed E-state index contributed by atoms with van der Waals surface area (Å²) in [7, 11) is 3.70. The summed E-state index contributed by atoms with van der Waals surface area (Å²) in [5.41, 5.74) is 3.62. The third-order valence-corrected chi connectivity index (χ3v) is 3.14. The van der Waals surface area contributed by atoms with Gasteiger partial charge in [-0.1, -0.05) is 0 Å². The lowest BCUT2D eigenvalue weighted by atomic mass is 10.1. The molecular weight excluding hydrogens is 202 g/mol. The first-order valence-corrected chi connectivity index (χ1v) is 5.75. The zero-order valence-corrected chi connectivity index (χ0v) is 11.2. The third kappa shape index (κ3) is 2.62. The second kappa shape index (κ2) is 5.46. The number of hydrogen-bond donors (Lipinski definition) is 1. The van der Waals surface area contributed by atoms with E-state index in [9.17, 15) is 0 Å². The van der Waals surface area contributed by atoms with E-state index in [1.807, 2.05) is 11.7 Å². The van der Waals surface area contributed by atoms with Gasteiger partial charge in [0.05, 0.1) is 18.3 Å². The van der Waals surface area contributed by atoms with Crippen LogP contribution in [0.4, 0.5) is 0 Å². The maximum absolute atomic E-state index is 5.27. The molecule has 1 rings (SSSR count). The van der Waals surface area contributed by atoms with Crippen molar-refractivity contribution in [3.63, 3.8) is 0 Å². The van der Waals surface area contributed by atoms with Crippen molar-refractivity contribution in [2.75, 3.05) is 14.2 Å². The summed E-state index contributed by atoms with van der Waals surface area (Å²) >= 11 is 0. The van der Waals surface area contributed by atoms with Crippen molar-refractivity contribution in [2.45, 2.75) is 46.4 Å². The van der Waals surface area contributed by atoms with Crippen LogP contribution in [0.3, 0.4) is 0 Å². The summed E-state index contributed by atoms with van der Waals surface area (Å²) < 4.78 is 7.30. The third-order valence-electron chi connectivity index (χ3n) is 3.14. The Hall–Kier alpha value is -0.870. The number of rotatable bonds is 5. The highest BCUT2D eigenvalue weighted by molar-refractivity contribution is 5.27. The van der Waals surface area contributed by atoms with E-state index in [4.69, 9.17) is 4.74 Å². The fourth-order valence-electron chi connectivity index (χ4n) is 1.98. The Morgan fingerprint density at radius 3 is 2.50 bits per heavy atom. The normalized spacial score (nSPS) is 15.1. The van der Waals surface area contributed by atoms with Gasteiger partial charge in [0.2, 0.25) is 0 Å². The van der Waals surface area contributed by atoms with Gasteiger partial charge < -0.3 is 10.1 Å². The molecule has 0 saturated carbocycles. The quantitative estimate of drug-likeness (QED) is 0.830. The predicted octanol–water partition coefficient (Wildman–Crippen LogP) is 1.82. The van der Waals surface area contributed by atoms with Crippen LogP contribution >= 0.6 is 0 Å². The lowest BCUT2D eigenvalue weighted by molar-refractivity contribution is 0.0991. The van der Waals surface area contributed by atoms with Crippen LogP contribution in [0.2, 0.25) is 0 Å². The largest absolute Gasteiger partial charge is 0.380 e. The Balaban J connectivity index is 2.97. The first-order chi connectivity index (χ1) is 7.51. The molecule has 2 unspecified atom stereocenters. The monoisotopic (exact) mass is 225 g/mol. The maximum Gasteiger partial charge on any atom is 0.0739 e. The predicted molar refractivity (Wildman–Crippen MR) is 65.6 cm³/mol. The average molecular weight is 225 g/mol. The number of aromatic nitrogens is 2. The molecule has 1 heterocycles. The first kappa shape index (κ1) is 13.2. The fraction of sp³-hybridized carbons (Fsp3) is 0.750. The van der Waals surface area contributed by atoms with E-state index in [0.717, 1.165) is 12.2 Å². The van der Waals surface area contributed by atoms with Gasteiger partial charge in [-0.25, -0.2) is 0 Å². The van der Waals surface area contributed by atoms with E-state index in [-0.39, 0.29) is 6.10 Å². The van der Waals surface area contributed by atoms with Gasteiger partial charge in [-0.15, -0.1) is 0 Å². The van der Waals surface area contributed by atoms with Crippen LogP contribution in [-0.4, -0.2) is 30.0 Å². The molecule has 0 bridgehead atoms. The van der Waals surface area contributed by atoms with Crippen LogP contribution in [0.5, 0.6) is 0 Å². The molecule has 0 radical (unpaired) electrons. The van der Waals surface area contributed by atoms with Gasteiger partial charge in [-0.05, 0) is 34.7 Å². The van der Waals surface area contributed by atoms with Gasteiger partial charge in [-0.2, -0.15) is 5.10 Å². The lowest BCUT2D eigenvalue weighted by Gasteiger charge is -2.13. The number of hydrogen-bond acceptors (Lipinski definition) is 3. The van der Waals surface area contributed by atoms with E-state index >= 15 is 0 Å². The molecule has 0 aliphatic heterocycles. The summed E-state index contributed by atoms with van der Waals surface area (Å²) in [4.78, 5) is 0. The van der Waals surface area contributed by atoms with Gasteiger partial charge in [0.1, 0.15) is 0 Å². The number of methoxy groups -OCH3 is 1. The minimum atomic E-state index is 0.191. The molecular formula is C12H23N3O. The Morgan fingerprint density at radius 2 is 2.00 bits per heavy atom. The summed E-state index contributed by atoms with van der Waals surface area (Å²) in [6.45, 7) is 9.19. The highest BCUT2D eigenvalue weighted by Crippen LogP contribution is 2.21. The molecule has 0 aromatic carbocycles. The lowest BCUT2D eigenvalue weighted by Crippen LogP contribution is -2.18. The molecule has 2 atom stereocenters. The number of nitrogens with one attached hydrogen (secondary N) is 1. The SMILES string of the molecule is CNC(C)c1c(C)nn(CC(C)OC)c1C. The van der Waals surface area contributed by atoms with Gasteiger partial charge in [0.15, 0.2) is 0 Å². The Morgan fingerprint density at radius 1 is 1.38 bits per heavy atom. The molecule has 0 aliphatic carbocycles. The van der Waals surface area contributed by atoms with Crippen LogP contribution in [0.15, 0.2) is 0 Å². The summed E-state index contributed by atoms with van der Waals surface area (Å²) in [6, 6.07) is 0.339. The number of nitrogens with zero attached hydrogens (tertiary/aromatic N) is 2. The minimum absolute atomic E-state index is 0.191. The molecule has 0 aliphatic rings. The second-order valence-electron chi connectivity index (χ2n) is 4.32. The van der Waals surface area contributed by atoms with Crippen molar-refractivity contribution in [1.82, 2.24) is 15.1 Å². The molecule has 1 N–H and O–H groups in total. The maximum atomic E-state index is 5.27. The minimum Gasteiger partial charge on any atom is -0.380 e. The van der Waals surface area contributed by atoms with E-state index in [0.29, 0.717) is 6.04 Å². The number of aryl methyl sites for hydroxylation is 1. The molecule has 16 heavy (non-hydrogen) atoms. The van der Waals surface area contributed by atoms with Crippen molar-refractivity contribution in [3.05, 3.63) is 17.0 Å². The molecule has 0 amide bonds. The zero-order valence-electron chi connectivity index (χ0n) is 11.2. The zero-order chi connectivity index (χ0) is 12.3. The van der Waals surface area contributed by atoms with Crippen LogP contribution in [0.25, 0.3) is 0 Å². The van der Waals surface area contributed by atoms with Crippen molar-refractivity contribution < 1.29 is 4.74 Å². The number of ether oxygens (including phenoxy) is 1. The molecule has 1 aromatic rings. The van der Waals surface area contributed by atoms with Gasteiger partial charge >= 0.3 is 0 Å². The molecule has 1 aromatic heterocycles. The van der Waals surface area contributed by atoms with Gasteiger partial charge in [-0.3, -0.25) is 4.68 Å². The highest BCUT2D eigenvalue weighted by atomic mass is 16.5. The van der Waals surface area contributed by atoms with Crippen LogP contribution in [0, 0.1) is 13.8 Å². The van der Waals surface area contributed by atoms with Crippen LogP contribution < -0.4 is 5.32 Å². The molecule has 0 fully saturated rings. The van der Waals surface area contributed by atoms with E-state index in [1.165, 1.54) is 11.3 Å². The second-order valence-corrected chi connectivity index (χ2v) is 4.32. The van der Waals surface area contributed by atoms with Crippen LogP contribution in [0.1, 0.15) is 36.8 Å². The molecule has 0 saturated heterocycles. The first-order valence-electron chi connectivity index (χ1n) is 5.75. The molecule has 0 spiro atoms. The smallest absolute Gasteiger partial charge is 0.0739 e. The molecule has 92 valence electrons. The Kier molecular flexibility index (Phi) is 4.50. The van der Waals surface area contributed by atoms with Crippen molar-refractivity contribution in [1.29, 1.82) is 0 Å². The van der Waals surface area contributed by atoms with E-state index in [1.54, 1.807) is 7.11 Å². The van der Waals surface area contributed by atoms with Crippen molar-refractivity contribution in [3.8, 4) is 0 Å². The fourth-order valence-corrected chi connectivity index (χ4v) is 1.98. The van der Waals surface area contributed by atoms with Gasteiger partial charge in [0.25, 0.3) is 0 Å². The van der Waals surface area contributed by atoms with Crippen molar-refractivity contribution >= 4 is 0 Å². The highest BCUT2D eigenvalue weighted by Gasteiger charge is 2.16. The Labute approximate surface area is 98.0 Å².